The van der Waals surface area contributed by atoms with Crippen molar-refractivity contribution in [1.82, 2.24) is 24.8 Å². The van der Waals surface area contributed by atoms with Gasteiger partial charge in [0.15, 0.2) is 0 Å². The summed E-state index contributed by atoms with van der Waals surface area (Å²) in [7, 11) is 0. The van der Waals surface area contributed by atoms with E-state index in [1.54, 1.807) is 12.4 Å². The lowest BCUT2D eigenvalue weighted by Gasteiger charge is -2.26. The van der Waals surface area contributed by atoms with E-state index in [0.717, 1.165) is 41.0 Å². The van der Waals surface area contributed by atoms with Crippen LogP contribution in [0.4, 0.5) is 17.6 Å². The number of aryl methyl sites for hydroxylation is 2. The van der Waals surface area contributed by atoms with Crippen LogP contribution in [0.1, 0.15) is 21.6 Å². The fraction of sp³-hybridized carbons (Fsp3) is 0.286. The molecule has 1 fully saturated rings. The van der Waals surface area contributed by atoms with Gasteiger partial charge in [-0.1, -0.05) is 0 Å². The van der Waals surface area contributed by atoms with Gasteiger partial charge in [-0.05, 0) is 42.7 Å². The molecule has 1 aliphatic carbocycles. The first-order valence-electron chi connectivity index (χ1n) is 9.89. The first-order valence-corrected chi connectivity index (χ1v) is 9.89. The highest BCUT2D eigenvalue weighted by Crippen LogP contribution is 2.31. The molecule has 1 amide bonds. The zero-order valence-corrected chi connectivity index (χ0v) is 16.3. The molecule has 0 bridgehead atoms. The van der Waals surface area contributed by atoms with Crippen molar-refractivity contribution in [3.8, 4) is 11.3 Å². The molecule has 9 nitrogen and oxygen atoms in total. The van der Waals surface area contributed by atoms with Crippen molar-refractivity contribution in [3.05, 3.63) is 53.5 Å². The Morgan fingerprint density at radius 3 is 2.63 bits per heavy atom. The van der Waals surface area contributed by atoms with E-state index >= 15 is 0 Å². The summed E-state index contributed by atoms with van der Waals surface area (Å²) in [5.74, 6) is 0.775. The smallest absolute Gasteiger partial charge is 0.254 e. The molecule has 3 heterocycles. The minimum absolute atomic E-state index is 0.0230. The van der Waals surface area contributed by atoms with Crippen LogP contribution in [0.3, 0.4) is 0 Å². The van der Waals surface area contributed by atoms with E-state index in [2.05, 4.69) is 25.3 Å². The summed E-state index contributed by atoms with van der Waals surface area (Å²) in [6.07, 6.45) is 5.15. The summed E-state index contributed by atoms with van der Waals surface area (Å²) in [5.41, 5.74) is 10.9. The third-order valence-corrected chi connectivity index (χ3v) is 5.32. The number of aromatic nitrogens is 4. The van der Waals surface area contributed by atoms with Crippen molar-refractivity contribution in [2.75, 3.05) is 37.4 Å². The molecule has 1 aliphatic heterocycles. The standard InChI is InChI=1S/C21H21N7O2/c22-20-23-11-14-3-6-17-16(18(14)27-20)12-24-21(26-17)25-15-4-1-13(2-5-15)19(29)28-7-9-30-10-8-28/h1-2,4-5,11-12H,3,6-10H2,(H2,22,23,27)(H,24,25,26). The molecule has 152 valence electrons. The number of fused-ring (bicyclic) bond motifs is 3. The first kappa shape index (κ1) is 18.4. The van der Waals surface area contributed by atoms with Crippen LogP contribution < -0.4 is 11.1 Å². The molecule has 1 saturated heterocycles. The number of nitrogens with two attached hydrogens (primary N) is 1. The second-order valence-electron chi connectivity index (χ2n) is 7.26. The number of nitrogen functional groups attached to an aromatic ring is 1. The summed E-state index contributed by atoms with van der Waals surface area (Å²) in [5, 5.41) is 3.21. The van der Waals surface area contributed by atoms with Crippen molar-refractivity contribution in [3.63, 3.8) is 0 Å². The van der Waals surface area contributed by atoms with Crippen LogP contribution in [0.5, 0.6) is 0 Å². The number of carbonyl (C=O) groups is 1. The van der Waals surface area contributed by atoms with Crippen LogP contribution in [0, 0.1) is 0 Å². The summed E-state index contributed by atoms with van der Waals surface area (Å²) in [4.78, 5) is 31.9. The van der Waals surface area contributed by atoms with Gasteiger partial charge in [0.2, 0.25) is 11.9 Å². The number of anilines is 3. The molecule has 5 rings (SSSR count). The molecule has 0 saturated carbocycles. The van der Waals surface area contributed by atoms with Gasteiger partial charge in [0.25, 0.3) is 5.91 Å². The van der Waals surface area contributed by atoms with Crippen molar-refractivity contribution in [2.24, 2.45) is 0 Å². The fourth-order valence-corrected chi connectivity index (χ4v) is 3.73. The maximum atomic E-state index is 12.6. The molecule has 0 atom stereocenters. The number of rotatable bonds is 3. The molecular formula is C21H21N7O2. The van der Waals surface area contributed by atoms with Crippen molar-refractivity contribution < 1.29 is 9.53 Å². The van der Waals surface area contributed by atoms with Crippen molar-refractivity contribution in [1.29, 1.82) is 0 Å². The summed E-state index contributed by atoms with van der Waals surface area (Å²) < 4.78 is 5.31. The molecule has 3 N–H and O–H groups in total. The van der Waals surface area contributed by atoms with Gasteiger partial charge >= 0.3 is 0 Å². The number of ether oxygens (including phenoxy) is 1. The van der Waals surface area contributed by atoms with Gasteiger partial charge < -0.3 is 20.7 Å². The Morgan fingerprint density at radius 2 is 1.83 bits per heavy atom. The lowest BCUT2D eigenvalue weighted by atomic mass is 9.95. The fourth-order valence-electron chi connectivity index (χ4n) is 3.73. The van der Waals surface area contributed by atoms with Gasteiger partial charge in [0.05, 0.1) is 24.6 Å². The zero-order chi connectivity index (χ0) is 20.5. The van der Waals surface area contributed by atoms with E-state index in [0.29, 0.717) is 37.8 Å². The lowest BCUT2D eigenvalue weighted by Crippen LogP contribution is -2.40. The van der Waals surface area contributed by atoms with Crippen LogP contribution in [0.2, 0.25) is 0 Å². The summed E-state index contributed by atoms with van der Waals surface area (Å²) in [6.45, 7) is 2.43. The normalized spacial score (nSPS) is 15.3. The van der Waals surface area contributed by atoms with E-state index in [1.165, 1.54) is 0 Å². The second-order valence-corrected chi connectivity index (χ2v) is 7.26. The lowest BCUT2D eigenvalue weighted by molar-refractivity contribution is 0.0303. The van der Waals surface area contributed by atoms with Gasteiger partial charge in [-0.2, -0.15) is 0 Å². The van der Waals surface area contributed by atoms with E-state index in [4.69, 9.17) is 10.5 Å². The topological polar surface area (TPSA) is 119 Å². The Morgan fingerprint density at radius 1 is 1.03 bits per heavy atom. The van der Waals surface area contributed by atoms with Crippen molar-refractivity contribution in [2.45, 2.75) is 12.8 Å². The predicted molar refractivity (Wildman–Crippen MR) is 111 cm³/mol. The van der Waals surface area contributed by atoms with Gasteiger partial charge in [-0.25, -0.2) is 19.9 Å². The Labute approximate surface area is 173 Å². The van der Waals surface area contributed by atoms with E-state index in [-0.39, 0.29) is 11.9 Å². The molecule has 0 unspecified atom stereocenters. The van der Waals surface area contributed by atoms with Crippen molar-refractivity contribution >= 4 is 23.5 Å². The number of hydrogen-bond donors (Lipinski definition) is 2. The maximum absolute atomic E-state index is 12.6. The average molecular weight is 403 g/mol. The minimum atomic E-state index is 0.0230. The molecule has 9 heteroatoms. The SMILES string of the molecule is Nc1ncc2c(n1)-c1cnc(Nc3ccc(C(=O)N4CCOCC4)cc3)nc1CC2. The highest BCUT2D eigenvalue weighted by atomic mass is 16.5. The highest BCUT2D eigenvalue weighted by molar-refractivity contribution is 5.94. The number of benzene rings is 1. The Bertz CT molecular complexity index is 1100. The molecule has 30 heavy (non-hydrogen) atoms. The van der Waals surface area contributed by atoms with Gasteiger partial charge in [-0.15, -0.1) is 0 Å². The number of morpholine rings is 1. The van der Waals surface area contributed by atoms with Crippen LogP contribution in [0.25, 0.3) is 11.3 Å². The quantitative estimate of drug-likeness (QED) is 0.680. The molecule has 2 aliphatic rings. The number of hydrogen-bond acceptors (Lipinski definition) is 8. The summed E-state index contributed by atoms with van der Waals surface area (Å²) in [6, 6.07) is 7.35. The largest absolute Gasteiger partial charge is 0.378 e. The van der Waals surface area contributed by atoms with E-state index in [1.807, 2.05) is 29.2 Å². The zero-order valence-electron chi connectivity index (χ0n) is 16.3. The predicted octanol–water partition coefficient (Wildman–Crippen LogP) is 1.83. The number of carbonyl (C=O) groups excluding carboxylic acids is 1. The third-order valence-electron chi connectivity index (χ3n) is 5.32. The monoisotopic (exact) mass is 403 g/mol. The molecule has 2 aromatic heterocycles. The van der Waals surface area contributed by atoms with Gasteiger partial charge in [-0.3, -0.25) is 4.79 Å². The highest BCUT2D eigenvalue weighted by Gasteiger charge is 2.21. The van der Waals surface area contributed by atoms with Crippen LogP contribution in [-0.2, 0) is 17.6 Å². The third kappa shape index (κ3) is 3.55. The Kier molecular flexibility index (Phi) is 4.72. The van der Waals surface area contributed by atoms with Crippen LogP contribution in [-0.4, -0.2) is 57.0 Å². The van der Waals surface area contributed by atoms with E-state index in [9.17, 15) is 4.79 Å². The minimum Gasteiger partial charge on any atom is -0.378 e. The Balaban J connectivity index is 1.32. The molecular weight excluding hydrogens is 382 g/mol. The molecule has 3 aromatic rings. The first-order chi connectivity index (χ1) is 14.7. The maximum Gasteiger partial charge on any atom is 0.254 e. The van der Waals surface area contributed by atoms with Gasteiger partial charge in [0.1, 0.15) is 0 Å². The molecule has 1 aromatic carbocycles. The van der Waals surface area contributed by atoms with Crippen LogP contribution >= 0.6 is 0 Å². The Hall–Kier alpha value is -3.59. The summed E-state index contributed by atoms with van der Waals surface area (Å²) >= 11 is 0. The second kappa shape index (κ2) is 7.68. The van der Waals surface area contributed by atoms with Crippen LogP contribution in [0.15, 0.2) is 36.7 Å². The average Bonchev–Trinajstić information content (AvgIpc) is 2.79. The number of nitrogens with zero attached hydrogens (tertiary/aromatic N) is 5. The molecule has 0 spiro atoms. The number of nitrogens with one attached hydrogen (secondary N) is 1. The molecule has 0 radical (unpaired) electrons. The van der Waals surface area contributed by atoms with E-state index < -0.39 is 0 Å². The number of amides is 1. The van der Waals surface area contributed by atoms with Gasteiger partial charge in [0, 0.05) is 42.3 Å².